The van der Waals surface area contributed by atoms with Crippen molar-refractivity contribution in [3.8, 4) is 5.75 Å². The number of nitrogen functional groups attached to an aromatic ring is 1. The second-order valence-corrected chi connectivity index (χ2v) is 3.71. The van der Waals surface area contributed by atoms with E-state index < -0.39 is 0 Å². The van der Waals surface area contributed by atoms with Gasteiger partial charge in [-0.3, -0.25) is 4.79 Å². The smallest absolute Gasteiger partial charge is 0.147 e. The molecule has 1 aromatic rings. The molecule has 0 amide bonds. The Labute approximate surface area is 84.7 Å². The fraction of sp³-hybridized carbons (Fsp3) is 0.222. The fourth-order valence-electron chi connectivity index (χ4n) is 0.965. The van der Waals surface area contributed by atoms with Gasteiger partial charge in [-0.2, -0.15) is 0 Å². The van der Waals surface area contributed by atoms with Gasteiger partial charge in [0.1, 0.15) is 11.5 Å². The van der Waals surface area contributed by atoms with Crippen molar-refractivity contribution >= 4 is 27.4 Å². The number of ketones is 1. The number of anilines is 1. The van der Waals surface area contributed by atoms with Crippen molar-refractivity contribution in [2.45, 2.75) is 11.8 Å². The van der Waals surface area contributed by atoms with Gasteiger partial charge in [0.2, 0.25) is 0 Å². The zero-order valence-corrected chi connectivity index (χ0v) is 8.71. The maximum Gasteiger partial charge on any atom is 0.147 e. The molecular weight excluding hydrogens is 234 g/mol. The number of rotatable bonds is 2. The average molecular weight is 244 g/mol. The number of Topliss-reactive ketones (excluding diaryl/α,β-unsaturated/α-hetero) is 1. The number of phenols is 1. The van der Waals surface area contributed by atoms with E-state index in [1.807, 2.05) is 0 Å². The lowest BCUT2D eigenvalue weighted by Gasteiger charge is -2.07. The van der Waals surface area contributed by atoms with Gasteiger partial charge in [-0.25, -0.2) is 0 Å². The van der Waals surface area contributed by atoms with Gasteiger partial charge in [0.05, 0.1) is 10.5 Å². The van der Waals surface area contributed by atoms with Crippen molar-refractivity contribution in [3.05, 3.63) is 23.8 Å². The molecule has 0 aromatic heterocycles. The van der Waals surface area contributed by atoms with Crippen LogP contribution in [0.2, 0.25) is 0 Å². The van der Waals surface area contributed by atoms with Gasteiger partial charge in [-0.05, 0) is 24.6 Å². The van der Waals surface area contributed by atoms with Crippen LogP contribution in [0.25, 0.3) is 0 Å². The average Bonchev–Trinajstić information content (AvgIpc) is 2.08. The lowest BCUT2D eigenvalue weighted by Crippen LogP contribution is -2.01. The van der Waals surface area contributed by atoms with Gasteiger partial charge in [0.15, 0.2) is 0 Å². The number of carbonyl (C=O) groups excluding carboxylic acids is 1. The molecule has 1 rings (SSSR count). The number of phenolic OH excluding ortho intramolecular Hbond substituents is 1. The standard InChI is InChI=1S/C9H10BrNO2/c1-5(12)9(10)6-2-3-8(13)7(11)4-6/h2-4,9,13H,11H2,1H3. The Kier molecular flexibility index (Phi) is 2.93. The topological polar surface area (TPSA) is 63.3 Å². The van der Waals surface area contributed by atoms with E-state index in [1.165, 1.54) is 13.0 Å². The first kappa shape index (κ1) is 10.1. The van der Waals surface area contributed by atoms with E-state index in [9.17, 15) is 4.79 Å². The largest absolute Gasteiger partial charge is 0.506 e. The van der Waals surface area contributed by atoms with Crippen molar-refractivity contribution in [2.75, 3.05) is 5.73 Å². The summed E-state index contributed by atoms with van der Waals surface area (Å²) in [6.07, 6.45) is 0. The van der Waals surface area contributed by atoms with Crippen LogP contribution in [0.3, 0.4) is 0 Å². The summed E-state index contributed by atoms with van der Waals surface area (Å²) >= 11 is 3.22. The van der Waals surface area contributed by atoms with Crippen molar-refractivity contribution in [3.63, 3.8) is 0 Å². The summed E-state index contributed by atoms with van der Waals surface area (Å²) in [5.74, 6) is 0.0390. The first-order chi connectivity index (χ1) is 6.02. The van der Waals surface area contributed by atoms with Crippen molar-refractivity contribution < 1.29 is 9.90 Å². The highest BCUT2D eigenvalue weighted by Gasteiger charge is 2.13. The van der Waals surface area contributed by atoms with Crippen LogP contribution in [0.4, 0.5) is 5.69 Å². The maximum absolute atomic E-state index is 11.0. The number of hydrogen-bond acceptors (Lipinski definition) is 3. The summed E-state index contributed by atoms with van der Waals surface area (Å²) in [6, 6.07) is 4.71. The predicted octanol–water partition coefficient (Wildman–Crippen LogP) is 2.00. The third-order valence-corrected chi connectivity index (χ3v) is 2.87. The Morgan fingerprint density at radius 1 is 1.62 bits per heavy atom. The summed E-state index contributed by atoms with van der Waals surface area (Å²) in [5.41, 5.74) is 6.51. The highest BCUT2D eigenvalue weighted by Crippen LogP contribution is 2.29. The highest BCUT2D eigenvalue weighted by molar-refractivity contribution is 9.09. The van der Waals surface area contributed by atoms with Crippen molar-refractivity contribution in [1.82, 2.24) is 0 Å². The van der Waals surface area contributed by atoms with Crippen molar-refractivity contribution in [2.24, 2.45) is 0 Å². The van der Waals surface area contributed by atoms with Gasteiger partial charge in [0.25, 0.3) is 0 Å². The Hall–Kier alpha value is -1.03. The molecular formula is C9H10BrNO2. The number of benzene rings is 1. The Bertz CT molecular complexity index is 338. The number of carbonyl (C=O) groups is 1. The lowest BCUT2D eigenvalue weighted by molar-refractivity contribution is -0.116. The predicted molar refractivity (Wildman–Crippen MR) is 54.9 cm³/mol. The fourth-order valence-corrected chi connectivity index (χ4v) is 1.25. The minimum absolute atomic E-state index is 0.00471. The third-order valence-electron chi connectivity index (χ3n) is 1.70. The monoisotopic (exact) mass is 243 g/mol. The minimum Gasteiger partial charge on any atom is -0.506 e. The van der Waals surface area contributed by atoms with Crippen LogP contribution < -0.4 is 5.73 Å². The molecule has 0 bridgehead atoms. The molecule has 4 heteroatoms. The highest BCUT2D eigenvalue weighted by atomic mass is 79.9. The Balaban J connectivity index is 3.03. The molecule has 1 unspecified atom stereocenters. The lowest BCUT2D eigenvalue weighted by atomic mass is 10.1. The number of nitrogens with two attached hydrogens (primary N) is 1. The molecule has 0 radical (unpaired) electrons. The van der Waals surface area contributed by atoms with E-state index in [0.29, 0.717) is 0 Å². The molecule has 0 aliphatic carbocycles. The van der Waals surface area contributed by atoms with E-state index in [-0.39, 0.29) is 22.0 Å². The molecule has 0 heterocycles. The molecule has 0 fully saturated rings. The SMILES string of the molecule is CC(=O)C(Br)c1ccc(O)c(N)c1. The van der Waals surface area contributed by atoms with Crippen LogP contribution in [-0.2, 0) is 4.79 Å². The van der Waals surface area contributed by atoms with Gasteiger partial charge in [0, 0.05) is 0 Å². The van der Waals surface area contributed by atoms with E-state index in [2.05, 4.69) is 15.9 Å². The van der Waals surface area contributed by atoms with Crippen LogP contribution in [0.5, 0.6) is 5.75 Å². The minimum atomic E-state index is -0.351. The molecule has 1 aromatic carbocycles. The zero-order chi connectivity index (χ0) is 10.0. The number of hydrogen-bond donors (Lipinski definition) is 2. The molecule has 0 spiro atoms. The first-order valence-electron chi connectivity index (χ1n) is 3.75. The molecule has 0 aliphatic heterocycles. The van der Waals surface area contributed by atoms with Gasteiger partial charge in [-0.15, -0.1) is 0 Å². The van der Waals surface area contributed by atoms with Crippen LogP contribution >= 0.6 is 15.9 Å². The number of alkyl halides is 1. The number of halogens is 1. The molecule has 1 atom stereocenters. The quantitative estimate of drug-likeness (QED) is 0.475. The van der Waals surface area contributed by atoms with Crippen molar-refractivity contribution in [1.29, 1.82) is 0 Å². The van der Waals surface area contributed by atoms with Crippen LogP contribution in [0, 0.1) is 0 Å². The second kappa shape index (κ2) is 3.79. The van der Waals surface area contributed by atoms with Crippen LogP contribution in [0.15, 0.2) is 18.2 Å². The molecule has 0 saturated carbocycles. The molecule has 0 saturated heterocycles. The molecule has 3 nitrogen and oxygen atoms in total. The molecule has 3 N–H and O–H groups in total. The van der Waals surface area contributed by atoms with E-state index >= 15 is 0 Å². The molecule has 0 aliphatic rings. The second-order valence-electron chi connectivity index (χ2n) is 2.79. The summed E-state index contributed by atoms with van der Waals surface area (Å²) in [6.45, 7) is 1.49. The van der Waals surface area contributed by atoms with Gasteiger partial charge in [-0.1, -0.05) is 22.0 Å². The van der Waals surface area contributed by atoms with E-state index in [4.69, 9.17) is 10.8 Å². The van der Waals surface area contributed by atoms with Crippen LogP contribution in [-0.4, -0.2) is 10.9 Å². The number of aromatic hydroxyl groups is 1. The van der Waals surface area contributed by atoms with E-state index in [1.54, 1.807) is 12.1 Å². The third kappa shape index (κ3) is 2.21. The van der Waals surface area contributed by atoms with E-state index in [0.717, 1.165) is 5.56 Å². The summed E-state index contributed by atoms with van der Waals surface area (Å²) < 4.78 is 0. The summed E-state index contributed by atoms with van der Waals surface area (Å²) in [7, 11) is 0. The normalized spacial score (nSPS) is 12.5. The van der Waals surface area contributed by atoms with Crippen LogP contribution in [0.1, 0.15) is 17.3 Å². The summed E-state index contributed by atoms with van der Waals surface area (Å²) in [5, 5.41) is 9.14. The first-order valence-corrected chi connectivity index (χ1v) is 4.67. The Morgan fingerprint density at radius 3 is 2.69 bits per heavy atom. The molecule has 13 heavy (non-hydrogen) atoms. The van der Waals surface area contributed by atoms with Gasteiger partial charge < -0.3 is 10.8 Å². The maximum atomic E-state index is 11.0. The molecule has 70 valence electrons. The zero-order valence-electron chi connectivity index (χ0n) is 7.12. The summed E-state index contributed by atoms with van der Waals surface area (Å²) in [4.78, 5) is 10.6. The Morgan fingerprint density at radius 2 is 2.23 bits per heavy atom. The van der Waals surface area contributed by atoms with Gasteiger partial charge >= 0.3 is 0 Å².